The number of amides is 3. The number of carbonyl (C=O) groups excluding carboxylic acids is 2. The number of imide groups is 1. The standard InChI is InChI=1S/C17H20Cl2N2O3/c1-11-4-2-3-7-17(11)15(22)21(16(23)20-17)8-9-24-14-10-12(18)5-6-13(14)19/h5-6,10-11H,2-4,7-9H2,1H3,(H,20,23)/t11-,17+/m0/s1. The smallest absolute Gasteiger partial charge is 0.325 e. The third-order valence-corrected chi connectivity index (χ3v) is 5.51. The van der Waals surface area contributed by atoms with Crippen molar-refractivity contribution >= 4 is 35.1 Å². The number of halogens is 2. The van der Waals surface area contributed by atoms with E-state index in [2.05, 4.69) is 5.32 Å². The van der Waals surface area contributed by atoms with Crippen molar-refractivity contribution < 1.29 is 14.3 Å². The molecule has 1 N–H and O–H groups in total. The van der Waals surface area contributed by atoms with E-state index in [1.807, 2.05) is 6.92 Å². The minimum absolute atomic E-state index is 0.138. The monoisotopic (exact) mass is 370 g/mol. The molecule has 1 aliphatic heterocycles. The van der Waals surface area contributed by atoms with Crippen molar-refractivity contribution in [3.63, 3.8) is 0 Å². The molecule has 0 radical (unpaired) electrons. The molecule has 24 heavy (non-hydrogen) atoms. The largest absolute Gasteiger partial charge is 0.490 e. The quantitative estimate of drug-likeness (QED) is 0.818. The first kappa shape index (κ1) is 17.4. The molecule has 1 aliphatic carbocycles. The lowest BCUT2D eigenvalue weighted by Crippen LogP contribution is -2.54. The molecule has 130 valence electrons. The van der Waals surface area contributed by atoms with Crippen molar-refractivity contribution in [2.24, 2.45) is 5.92 Å². The summed E-state index contributed by atoms with van der Waals surface area (Å²) in [6.07, 6.45) is 3.71. The molecule has 1 saturated carbocycles. The van der Waals surface area contributed by atoms with Crippen LogP contribution in [0.2, 0.25) is 10.0 Å². The lowest BCUT2D eigenvalue weighted by molar-refractivity contribution is -0.134. The SMILES string of the molecule is C[C@H]1CCCC[C@@]12NC(=O)N(CCOc1cc(Cl)ccc1Cl)C2=O. The minimum Gasteiger partial charge on any atom is -0.490 e. The van der Waals surface area contributed by atoms with Crippen LogP contribution in [0.15, 0.2) is 18.2 Å². The summed E-state index contributed by atoms with van der Waals surface area (Å²) < 4.78 is 5.59. The molecular weight excluding hydrogens is 351 g/mol. The Morgan fingerprint density at radius 2 is 2.12 bits per heavy atom. The van der Waals surface area contributed by atoms with Crippen LogP contribution in [0.5, 0.6) is 5.75 Å². The highest BCUT2D eigenvalue weighted by Crippen LogP contribution is 2.38. The molecule has 1 aromatic rings. The molecule has 2 fully saturated rings. The summed E-state index contributed by atoms with van der Waals surface area (Å²) in [5.41, 5.74) is -0.733. The van der Waals surface area contributed by atoms with Crippen LogP contribution < -0.4 is 10.1 Å². The first-order valence-electron chi connectivity index (χ1n) is 8.16. The fourth-order valence-corrected chi connectivity index (χ4v) is 3.87. The summed E-state index contributed by atoms with van der Waals surface area (Å²) in [4.78, 5) is 26.3. The van der Waals surface area contributed by atoms with Crippen LogP contribution in [-0.2, 0) is 4.79 Å². The van der Waals surface area contributed by atoms with Crippen LogP contribution in [0.1, 0.15) is 32.6 Å². The Hall–Kier alpha value is -1.46. The van der Waals surface area contributed by atoms with Crippen LogP contribution >= 0.6 is 23.2 Å². The fraction of sp³-hybridized carbons (Fsp3) is 0.529. The Morgan fingerprint density at radius 3 is 2.88 bits per heavy atom. The van der Waals surface area contributed by atoms with Gasteiger partial charge in [0.1, 0.15) is 17.9 Å². The first-order chi connectivity index (χ1) is 11.4. The van der Waals surface area contributed by atoms with E-state index in [9.17, 15) is 9.59 Å². The van der Waals surface area contributed by atoms with Gasteiger partial charge in [0, 0.05) is 11.1 Å². The van der Waals surface area contributed by atoms with Crippen LogP contribution in [0.25, 0.3) is 0 Å². The minimum atomic E-state index is -0.733. The number of hydrogen-bond acceptors (Lipinski definition) is 3. The van der Waals surface area contributed by atoms with Crippen LogP contribution in [-0.4, -0.2) is 35.5 Å². The van der Waals surface area contributed by atoms with Gasteiger partial charge in [-0.05, 0) is 30.9 Å². The van der Waals surface area contributed by atoms with Crippen molar-refractivity contribution in [1.29, 1.82) is 0 Å². The maximum Gasteiger partial charge on any atom is 0.325 e. The topological polar surface area (TPSA) is 58.6 Å². The van der Waals surface area contributed by atoms with Gasteiger partial charge in [-0.1, -0.05) is 43.0 Å². The highest BCUT2D eigenvalue weighted by Gasteiger charge is 2.54. The average molecular weight is 371 g/mol. The number of nitrogens with zero attached hydrogens (tertiary/aromatic N) is 1. The van der Waals surface area contributed by atoms with Crippen LogP contribution in [0.3, 0.4) is 0 Å². The van der Waals surface area contributed by atoms with Crippen LogP contribution in [0.4, 0.5) is 4.79 Å². The van der Waals surface area contributed by atoms with Gasteiger partial charge in [0.05, 0.1) is 11.6 Å². The van der Waals surface area contributed by atoms with E-state index >= 15 is 0 Å². The van der Waals surface area contributed by atoms with E-state index in [-0.39, 0.29) is 31.0 Å². The van der Waals surface area contributed by atoms with Gasteiger partial charge in [-0.15, -0.1) is 0 Å². The second kappa shape index (κ2) is 6.81. The number of carbonyl (C=O) groups is 2. The van der Waals surface area contributed by atoms with E-state index in [4.69, 9.17) is 27.9 Å². The zero-order chi connectivity index (χ0) is 17.3. The van der Waals surface area contributed by atoms with Gasteiger partial charge in [0.15, 0.2) is 0 Å². The van der Waals surface area contributed by atoms with Gasteiger partial charge in [0.2, 0.25) is 0 Å². The molecule has 2 atom stereocenters. The van der Waals surface area contributed by atoms with E-state index in [1.165, 1.54) is 4.90 Å². The summed E-state index contributed by atoms with van der Waals surface area (Å²) >= 11 is 12.0. The molecule has 7 heteroatoms. The Kier molecular flexibility index (Phi) is 4.92. The second-order valence-electron chi connectivity index (χ2n) is 6.43. The number of ether oxygens (including phenoxy) is 1. The maximum atomic E-state index is 12.8. The van der Waals surface area contributed by atoms with E-state index < -0.39 is 5.54 Å². The van der Waals surface area contributed by atoms with Crippen molar-refractivity contribution in [1.82, 2.24) is 10.2 Å². The van der Waals surface area contributed by atoms with Crippen molar-refractivity contribution in [2.75, 3.05) is 13.2 Å². The molecule has 3 rings (SSSR count). The number of nitrogens with one attached hydrogen (secondary N) is 1. The van der Waals surface area contributed by atoms with Gasteiger partial charge in [-0.25, -0.2) is 4.79 Å². The van der Waals surface area contributed by atoms with E-state index in [1.54, 1.807) is 18.2 Å². The molecule has 0 unspecified atom stereocenters. The predicted octanol–water partition coefficient (Wildman–Crippen LogP) is 3.87. The lowest BCUT2D eigenvalue weighted by atomic mass is 9.73. The lowest BCUT2D eigenvalue weighted by Gasteiger charge is -2.36. The number of benzene rings is 1. The molecule has 1 heterocycles. The molecule has 1 spiro atoms. The third kappa shape index (κ3) is 3.07. The molecule has 5 nitrogen and oxygen atoms in total. The summed E-state index contributed by atoms with van der Waals surface area (Å²) in [6.45, 7) is 2.38. The highest BCUT2D eigenvalue weighted by atomic mass is 35.5. The molecular formula is C17H20Cl2N2O3. The van der Waals surface area contributed by atoms with Gasteiger partial charge in [0.25, 0.3) is 5.91 Å². The summed E-state index contributed by atoms with van der Waals surface area (Å²) in [6, 6.07) is 4.59. The molecule has 3 amide bonds. The number of urea groups is 1. The third-order valence-electron chi connectivity index (χ3n) is 4.97. The van der Waals surface area contributed by atoms with Gasteiger partial charge < -0.3 is 10.1 Å². The maximum absolute atomic E-state index is 12.8. The van der Waals surface area contributed by atoms with E-state index in [0.29, 0.717) is 22.2 Å². The van der Waals surface area contributed by atoms with Gasteiger partial charge in [-0.3, -0.25) is 9.69 Å². The van der Waals surface area contributed by atoms with Crippen molar-refractivity contribution in [3.05, 3.63) is 28.2 Å². The van der Waals surface area contributed by atoms with Crippen molar-refractivity contribution in [2.45, 2.75) is 38.1 Å². The second-order valence-corrected chi connectivity index (χ2v) is 7.27. The zero-order valence-corrected chi connectivity index (χ0v) is 15.0. The number of rotatable bonds is 4. The summed E-state index contributed by atoms with van der Waals surface area (Å²) in [5.74, 6) is 0.452. The normalized spacial score (nSPS) is 26.8. The average Bonchev–Trinajstić information content (AvgIpc) is 2.78. The first-order valence-corrected chi connectivity index (χ1v) is 8.91. The fourth-order valence-electron chi connectivity index (χ4n) is 3.53. The molecule has 2 aliphatic rings. The summed E-state index contributed by atoms with van der Waals surface area (Å²) in [5, 5.41) is 3.87. The molecule has 1 aromatic carbocycles. The van der Waals surface area contributed by atoms with E-state index in [0.717, 1.165) is 19.3 Å². The Morgan fingerprint density at radius 1 is 1.33 bits per heavy atom. The van der Waals surface area contributed by atoms with Crippen molar-refractivity contribution in [3.8, 4) is 5.75 Å². The number of hydrogen-bond donors (Lipinski definition) is 1. The molecule has 1 saturated heterocycles. The van der Waals surface area contributed by atoms with Crippen LogP contribution in [0, 0.1) is 5.92 Å². The van der Waals surface area contributed by atoms with Gasteiger partial charge in [-0.2, -0.15) is 0 Å². The predicted molar refractivity (Wildman–Crippen MR) is 92.6 cm³/mol. The van der Waals surface area contributed by atoms with Gasteiger partial charge >= 0.3 is 6.03 Å². The molecule has 0 bridgehead atoms. The summed E-state index contributed by atoms with van der Waals surface area (Å²) in [7, 11) is 0. The Balaban J connectivity index is 1.64. The molecule has 0 aromatic heterocycles. The Labute approximate surface area is 151 Å². The Bertz CT molecular complexity index is 667. The zero-order valence-electron chi connectivity index (χ0n) is 13.5. The highest BCUT2D eigenvalue weighted by molar-refractivity contribution is 6.34.